The quantitative estimate of drug-likeness (QED) is 0.434. The summed E-state index contributed by atoms with van der Waals surface area (Å²) in [6.07, 6.45) is 3.20. The van der Waals surface area contributed by atoms with Crippen molar-refractivity contribution in [3.63, 3.8) is 0 Å². The number of furan rings is 1. The molecule has 0 aromatic carbocycles. The fraction of sp³-hybridized carbons (Fsp3) is 0.421. The zero-order valence-electron chi connectivity index (χ0n) is 16.2. The van der Waals surface area contributed by atoms with Gasteiger partial charge in [-0.1, -0.05) is 0 Å². The SMILES string of the molecule is CCNC(=NCC(=O)Nc1cccnc1)NCC(C)(O)c1cc(C)oc1C. The minimum atomic E-state index is -1.14. The minimum Gasteiger partial charge on any atom is -0.466 e. The largest absolute Gasteiger partial charge is 0.466 e. The zero-order chi connectivity index (χ0) is 19.9. The van der Waals surface area contributed by atoms with Crippen molar-refractivity contribution in [1.29, 1.82) is 0 Å². The van der Waals surface area contributed by atoms with E-state index < -0.39 is 5.60 Å². The van der Waals surface area contributed by atoms with E-state index in [1.165, 1.54) is 0 Å². The van der Waals surface area contributed by atoms with Crippen molar-refractivity contribution in [3.8, 4) is 0 Å². The van der Waals surface area contributed by atoms with E-state index in [4.69, 9.17) is 4.42 Å². The molecule has 1 unspecified atom stereocenters. The number of aryl methyl sites for hydroxylation is 2. The lowest BCUT2D eigenvalue weighted by Gasteiger charge is -2.24. The maximum atomic E-state index is 12.0. The number of aromatic nitrogens is 1. The average molecular weight is 373 g/mol. The Bertz CT molecular complexity index is 784. The number of pyridine rings is 1. The molecule has 2 aromatic heterocycles. The van der Waals surface area contributed by atoms with Gasteiger partial charge in [-0.2, -0.15) is 0 Å². The van der Waals surface area contributed by atoms with Gasteiger partial charge in [-0.05, 0) is 45.9 Å². The van der Waals surface area contributed by atoms with Gasteiger partial charge in [0.25, 0.3) is 0 Å². The molecule has 0 saturated heterocycles. The normalized spacial score (nSPS) is 13.7. The van der Waals surface area contributed by atoms with Crippen LogP contribution in [0.15, 0.2) is 40.0 Å². The molecule has 0 aliphatic heterocycles. The van der Waals surface area contributed by atoms with Crippen molar-refractivity contribution in [2.45, 2.75) is 33.3 Å². The number of hydrogen-bond acceptors (Lipinski definition) is 5. The van der Waals surface area contributed by atoms with Gasteiger partial charge in [0.1, 0.15) is 23.7 Å². The highest BCUT2D eigenvalue weighted by Crippen LogP contribution is 2.26. The standard InChI is InChI=1S/C19H27N5O3/c1-5-21-18(22-11-17(25)24-15-7-6-8-20-10-15)23-12-19(4,26)16-9-13(2)27-14(16)3/h6-10,26H,5,11-12H2,1-4H3,(H,24,25)(H2,21,22,23). The van der Waals surface area contributed by atoms with Crippen molar-refractivity contribution < 1.29 is 14.3 Å². The second-order valence-corrected chi connectivity index (χ2v) is 6.44. The Balaban J connectivity index is 1.96. The Morgan fingerprint density at radius 1 is 1.37 bits per heavy atom. The van der Waals surface area contributed by atoms with Gasteiger partial charge in [-0.3, -0.25) is 9.78 Å². The van der Waals surface area contributed by atoms with Gasteiger partial charge >= 0.3 is 0 Å². The summed E-state index contributed by atoms with van der Waals surface area (Å²) < 4.78 is 5.50. The molecule has 0 radical (unpaired) electrons. The molecule has 2 heterocycles. The van der Waals surface area contributed by atoms with Gasteiger partial charge in [-0.25, -0.2) is 4.99 Å². The maximum Gasteiger partial charge on any atom is 0.246 e. The maximum absolute atomic E-state index is 12.0. The van der Waals surface area contributed by atoms with Crippen molar-refractivity contribution >= 4 is 17.6 Å². The van der Waals surface area contributed by atoms with E-state index >= 15 is 0 Å². The molecule has 0 bridgehead atoms. The van der Waals surface area contributed by atoms with Gasteiger partial charge in [0, 0.05) is 18.3 Å². The molecule has 1 amide bonds. The molecule has 1 atom stereocenters. The molecular formula is C19H27N5O3. The minimum absolute atomic E-state index is 0.0593. The molecule has 8 heteroatoms. The second-order valence-electron chi connectivity index (χ2n) is 6.44. The van der Waals surface area contributed by atoms with Crippen molar-refractivity contribution in [1.82, 2.24) is 15.6 Å². The van der Waals surface area contributed by atoms with E-state index in [1.54, 1.807) is 31.5 Å². The summed E-state index contributed by atoms with van der Waals surface area (Å²) in [6, 6.07) is 5.32. The van der Waals surface area contributed by atoms with Crippen LogP contribution in [0, 0.1) is 13.8 Å². The number of carbonyl (C=O) groups is 1. The summed E-state index contributed by atoms with van der Waals surface area (Å²) >= 11 is 0. The number of guanidine groups is 1. The number of carbonyl (C=O) groups excluding carboxylic acids is 1. The van der Waals surface area contributed by atoms with Crippen LogP contribution in [0.2, 0.25) is 0 Å². The number of rotatable bonds is 7. The molecule has 146 valence electrons. The van der Waals surface area contributed by atoms with E-state index in [0.717, 1.165) is 11.3 Å². The van der Waals surface area contributed by atoms with E-state index in [9.17, 15) is 9.90 Å². The number of nitrogens with zero attached hydrogens (tertiary/aromatic N) is 2. The van der Waals surface area contributed by atoms with Crippen LogP contribution in [0.1, 0.15) is 30.9 Å². The average Bonchev–Trinajstić information content (AvgIpc) is 2.97. The van der Waals surface area contributed by atoms with Gasteiger partial charge in [-0.15, -0.1) is 0 Å². The molecule has 4 N–H and O–H groups in total. The fourth-order valence-corrected chi connectivity index (χ4v) is 2.65. The smallest absolute Gasteiger partial charge is 0.246 e. The first kappa shape index (κ1) is 20.4. The third-order valence-electron chi connectivity index (χ3n) is 3.89. The molecule has 8 nitrogen and oxygen atoms in total. The van der Waals surface area contributed by atoms with Crippen LogP contribution in [0.5, 0.6) is 0 Å². The van der Waals surface area contributed by atoms with Gasteiger partial charge in [0.15, 0.2) is 5.96 Å². The molecule has 0 spiro atoms. The summed E-state index contributed by atoms with van der Waals surface area (Å²) in [5, 5.41) is 19.6. The molecule has 0 aliphatic rings. The summed E-state index contributed by atoms with van der Waals surface area (Å²) in [5.74, 6) is 1.61. The molecule has 27 heavy (non-hydrogen) atoms. The summed E-state index contributed by atoms with van der Waals surface area (Å²) in [7, 11) is 0. The van der Waals surface area contributed by atoms with Crippen LogP contribution >= 0.6 is 0 Å². The molecule has 2 rings (SSSR count). The van der Waals surface area contributed by atoms with Crippen molar-refractivity contribution in [2.75, 3.05) is 25.0 Å². The van der Waals surface area contributed by atoms with Crippen LogP contribution in [0.4, 0.5) is 5.69 Å². The Hall–Kier alpha value is -2.87. The van der Waals surface area contributed by atoms with Crippen molar-refractivity contribution in [3.05, 3.63) is 47.7 Å². The van der Waals surface area contributed by atoms with Crippen molar-refractivity contribution in [2.24, 2.45) is 4.99 Å². The fourth-order valence-electron chi connectivity index (χ4n) is 2.65. The highest BCUT2D eigenvalue weighted by Gasteiger charge is 2.27. The van der Waals surface area contributed by atoms with Crippen LogP contribution in [0.3, 0.4) is 0 Å². The molecule has 0 saturated carbocycles. The molecule has 2 aromatic rings. The van der Waals surface area contributed by atoms with Gasteiger partial charge < -0.3 is 25.5 Å². The van der Waals surface area contributed by atoms with E-state index in [0.29, 0.717) is 24.0 Å². The highest BCUT2D eigenvalue weighted by atomic mass is 16.3. The number of aliphatic hydroxyl groups is 1. The van der Waals surface area contributed by atoms with E-state index in [-0.39, 0.29) is 19.0 Å². The highest BCUT2D eigenvalue weighted by molar-refractivity contribution is 5.93. The summed E-state index contributed by atoms with van der Waals surface area (Å²) in [5.41, 5.74) is 0.192. The Labute approximate surface area is 159 Å². The topological polar surface area (TPSA) is 112 Å². The number of hydrogen-bond donors (Lipinski definition) is 4. The van der Waals surface area contributed by atoms with E-state index in [1.807, 2.05) is 26.8 Å². The third kappa shape index (κ3) is 6.10. The lowest BCUT2D eigenvalue weighted by atomic mass is 9.96. The van der Waals surface area contributed by atoms with E-state index in [2.05, 4.69) is 25.9 Å². The zero-order valence-corrected chi connectivity index (χ0v) is 16.2. The summed E-state index contributed by atoms with van der Waals surface area (Å²) in [4.78, 5) is 20.2. The number of amides is 1. The third-order valence-corrected chi connectivity index (χ3v) is 3.89. The predicted octanol–water partition coefficient (Wildman–Crippen LogP) is 1.69. The van der Waals surface area contributed by atoms with Crippen LogP contribution in [-0.2, 0) is 10.4 Å². The van der Waals surface area contributed by atoms with Gasteiger partial charge in [0.05, 0.1) is 18.4 Å². The number of nitrogens with one attached hydrogen (secondary N) is 3. The molecule has 0 aliphatic carbocycles. The second kappa shape index (κ2) is 9.18. The van der Waals surface area contributed by atoms with Crippen LogP contribution in [0.25, 0.3) is 0 Å². The van der Waals surface area contributed by atoms with Gasteiger partial charge in [0.2, 0.25) is 5.91 Å². The number of aliphatic imine (C=N–C) groups is 1. The summed E-state index contributed by atoms with van der Waals surface area (Å²) in [6.45, 7) is 8.07. The molecule has 0 fully saturated rings. The Morgan fingerprint density at radius 3 is 2.74 bits per heavy atom. The first-order valence-corrected chi connectivity index (χ1v) is 8.83. The Morgan fingerprint density at radius 2 is 2.15 bits per heavy atom. The number of anilines is 1. The van der Waals surface area contributed by atoms with Crippen LogP contribution < -0.4 is 16.0 Å². The lowest BCUT2D eigenvalue weighted by Crippen LogP contribution is -2.45. The first-order chi connectivity index (χ1) is 12.8. The predicted molar refractivity (Wildman–Crippen MR) is 105 cm³/mol. The molecular weight excluding hydrogens is 346 g/mol. The van der Waals surface area contributed by atoms with Crippen LogP contribution in [-0.4, -0.2) is 41.6 Å². The Kier molecular flexibility index (Phi) is 6.95. The first-order valence-electron chi connectivity index (χ1n) is 8.83. The monoisotopic (exact) mass is 373 g/mol. The lowest BCUT2D eigenvalue weighted by molar-refractivity contribution is -0.114.